The first-order valence-electron chi connectivity index (χ1n) is 14.6. The van der Waals surface area contributed by atoms with Crippen LogP contribution in [0.5, 0.6) is 0 Å². The second kappa shape index (κ2) is 13.4. The maximum Gasteiger partial charge on any atom is 0.198 e. The average molecular weight is 525 g/mol. The van der Waals surface area contributed by atoms with E-state index < -0.39 is 23.3 Å². The average Bonchev–Trinajstić information content (AvgIpc) is 2.93. The molecule has 0 unspecified atom stereocenters. The highest BCUT2D eigenvalue weighted by atomic mass is 19.2. The molecule has 0 amide bonds. The van der Waals surface area contributed by atoms with Crippen molar-refractivity contribution in [3.63, 3.8) is 0 Å². The number of hydrogen-bond donors (Lipinski definition) is 0. The van der Waals surface area contributed by atoms with Gasteiger partial charge in [0.2, 0.25) is 0 Å². The molecule has 0 aliphatic carbocycles. The third-order valence-electron chi connectivity index (χ3n) is 7.94. The molecule has 0 atom stereocenters. The number of hydrogen-bond acceptors (Lipinski definition) is 0. The zero-order chi connectivity index (χ0) is 27.1. The molecule has 4 heteroatoms. The van der Waals surface area contributed by atoms with Crippen LogP contribution in [0, 0.1) is 23.3 Å². The smallest absolute Gasteiger partial charge is 0.198 e. The zero-order valence-corrected chi connectivity index (χ0v) is 22.9. The summed E-state index contributed by atoms with van der Waals surface area (Å²) in [7, 11) is 0. The summed E-state index contributed by atoms with van der Waals surface area (Å²) in [5, 5.41) is 3.20. The Morgan fingerprint density at radius 1 is 0.421 bits per heavy atom. The maximum absolute atomic E-state index is 14.6. The Hall–Kier alpha value is -2.62. The molecule has 4 aromatic carbocycles. The van der Waals surface area contributed by atoms with E-state index in [4.69, 9.17) is 0 Å². The molecule has 0 aliphatic rings. The standard InChI is InChI=1S/C34H40F4/c1-3-5-7-9-11-13-15-23-17-18-24(16-14-12-10-8-6-4-2)28-20-26-22-30-29(21-25(26)19-27(23)28)31(35)33(37)34(38)32(30)36/h17-22H,3-16H2,1-2H3. The Kier molecular flexibility index (Phi) is 10.0. The number of rotatable bonds is 14. The van der Waals surface area contributed by atoms with E-state index >= 15 is 0 Å². The predicted molar refractivity (Wildman–Crippen MR) is 153 cm³/mol. The lowest BCUT2D eigenvalue weighted by Crippen LogP contribution is -1.98. The minimum absolute atomic E-state index is 0.228. The predicted octanol–water partition coefficient (Wildman–Crippen LogP) is 11.5. The molecule has 0 saturated carbocycles. The van der Waals surface area contributed by atoms with Crippen molar-refractivity contribution >= 4 is 32.3 Å². The molecular weight excluding hydrogens is 484 g/mol. The maximum atomic E-state index is 14.6. The van der Waals surface area contributed by atoms with Crippen molar-refractivity contribution in [2.45, 2.75) is 104 Å². The van der Waals surface area contributed by atoms with E-state index in [-0.39, 0.29) is 10.8 Å². The second-order valence-corrected chi connectivity index (χ2v) is 10.8. The van der Waals surface area contributed by atoms with Gasteiger partial charge in [-0.1, -0.05) is 90.2 Å². The van der Waals surface area contributed by atoms with E-state index in [1.54, 1.807) is 0 Å². The molecule has 0 N–H and O–H groups in total. The quantitative estimate of drug-likeness (QED) is 0.0506. The van der Waals surface area contributed by atoms with E-state index in [0.717, 1.165) is 36.5 Å². The van der Waals surface area contributed by atoms with Crippen LogP contribution in [0.3, 0.4) is 0 Å². The summed E-state index contributed by atoms with van der Waals surface area (Å²) in [6, 6.07) is 11.4. The highest BCUT2D eigenvalue weighted by molar-refractivity contribution is 6.06. The molecule has 0 fully saturated rings. The summed E-state index contributed by atoms with van der Waals surface area (Å²) in [6.07, 6.45) is 16.5. The number of fused-ring (bicyclic) bond motifs is 3. The van der Waals surface area contributed by atoms with Gasteiger partial charge in [0.25, 0.3) is 0 Å². The van der Waals surface area contributed by atoms with Crippen molar-refractivity contribution < 1.29 is 17.6 Å². The summed E-state index contributed by atoms with van der Waals surface area (Å²) < 4.78 is 57.1. The van der Waals surface area contributed by atoms with Crippen LogP contribution in [0.4, 0.5) is 17.6 Å². The fraction of sp³-hybridized carbons (Fsp3) is 0.471. The van der Waals surface area contributed by atoms with Gasteiger partial charge in [0.15, 0.2) is 23.3 Å². The lowest BCUT2D eigenvalue weighted by molar-refractivity contribution is 0.418. The first kappa shape index (κ1) is 28.4. The lowest BCUT2D eigenvalue weighted by atomic mass is 9.90. The molecule has 0 nitrogen and oxygen atoms in total. The van der Waals surface area contributed by atoms with Crippen molar-refractivity contribution in [3.05, 3.63) is 70.8 Å². The fourth-order valence-corrected chi connectivity index (χ4v) is 5.68. The highest BCUT2D eigenvalue weighted by Crippen LogP contribution is 2.35. The molecule has 0 spiro atoms. The van der Waals surface area contributed by atoms with Crippen molar-refractivity contribution in [3.8, 4) is 0 Å². The van der Waals surface area contributed by atoms with Crippen LogP contribution in [-0.4, -0.2) is 0 Å². The highest BCUT2D eigenvalue weighted by Gasteiger charge is 2.21. The molecule has 0 saturated heterocycles. The second-order valence-electron chi connectivity index (χ2n) is 10.8. The fourth-order valence-electron chi connectivity index (χ4n) is 5.68. The number of halogens is 4. The summed E-state index contributed by atoms with van der Waals surface area (Å²) in [5.41, 5.74) is 2.50. The van der Waals surface area contributed by atoms with Crippen LogP contribution < -0.4 is 0 Å². The molecule has 0 aliphatic heterocycles. The third kappa shape index (κ3) is 6.33. The van der Waals surface area contributed by atoms with Crippen molar-refractivity contribution in [2.75, 3.05) is 0 Å². The summed E-state index contributed by atoms with van der Waals surface area (Å²) in [6.45, 7) is 4.44. The van der Waals surface area contributed by atoms with Gasteiger partial charge in [0.05, 0.1) is 0 Å². The molecule has 0 radical (unpaired) electrons. The Balaban J connectivity index is 1.72. The van der Waals surface area contributed by atoms with Gasteiger partial charge in [-0.15, -0.1) is 0 Å². The van der Waals surface area contributed by atoms with Gasteiger partial charge >= 0.3 is 0 Å². The van der Waals surface area contributed by atoms with E-state index in [1.807, 2.05) is 12.1 Å². The van der Waals surface area contributed by atoms with Crippen LogP contribution in [0.15, 0.2) is 36.4 Å². The van der Waals surface area contributed by atoms with Crippen molar-refractivity contribution in [2.24, 2.45) is 0 Å². The van der Waals surface area contributed by atoms with E-state index in [9.17, 15) is 17.6 Å². The molecule has 0 bridgehead atoms. The van der Waals surface area contributed by atoms with Gasteiger partial charge < -0.3 is 0 Å². The zero-order valence-electron chi connectivity index (χ0n) is 22.9. The van der Waals surface area contributed by atoms with Gasteiger partial charge in [-0.25, -0.2) is 17.6 Å². The van der Waals surface area contributed by atoms with Crippen LogP contribution in [-0.2, 0) is 12.8 Å². The summed E-state index contributed by atoms with van der Waals surface area (Å²) >= 11 is 0. The number of aryl methyl sites for hydroxylation is 2. The minimum atomic E-state index is -1.76. The normalized spacial score (nSPS) is 11.8. The Morgan fingerprint density at radius 2 is 0.763 bits per heavy atom. The molecule has 4 rings (SSSR count). The molecule has 38 heavy (non-hydrogen) atoms. The molecule has 204 valence electrons. The number of benzene rings is 4. The Morgan fingerprint density at radius 3 is 1.16 bits per heavy atom. The molecule has 0 heterocycles. The van der Waals surface area contributed by atoms with Crippen LogP contribution in [0.2, 0.25) is 0 Å². The van der Waals surface area contributed by atoms with Crippen molar-refractivity contribution in [1.82, 2.24) is 0 Å². The van der Waals surface area contributed by atoms with Crippen molar-refractivity contribution in [1.29, 1.82) is 0 Å². The van der Waals surface area contributed by atoms with Gasteiger partial charge in [-0.2, -0.15) is 0 Å². The van der Waals surface area contributed by atoms with Gasteiger partial charge in [-0.05, 0) is 82.6 Å². The van der Waals surface area contributed by atoms with E-state index in [0.29, 0.717) is 10.8 Å². The SMILES string of the molecule is CCCCCCCCc1ccc(CCCCCCCC)c2cc3cc4c(F)c(F)c(F)c(F)c4cc3cc12. The van der Waals surface area contributed by atoms with Crippen LogP contribution >= 0.6 is 0 Å². The number of unbranched alkanes of at least 4 members (excludes halogenated alkanes) is 10. The molecule has 0 aromatic heterocycles. The first-order valence-corrected chi connectivity index (χ1v) is 14.6. The minimum Gasteiger partial charge on any atom is -0.203 e. The Bertz CT molecular complexity index is 1280. The topological polar surface area (TPSA) is 0 Å². The van der Waals surface area contributed by atoms with Gasteiger partial charge in [0, 0.05) is 10.8 Å². The lowest BCUT2D eigenvalue weighted by Gasteiger charge is -2.14. The van der Waals surface area contributed by atoms with Gasteiger partial charge in [-0.3, -0.25) is 0 Å². The third-order valence-corrected chi connectivity index (χ3v) is 7.94. The first-order chi connectivity index (χ1) is 18.5. The molecular formula is C34H40F4. The summed E-state index contributed by atoms with van der Waals surface area (Å²) in [4.78, 5) is 0. The Labute approximate surface area is 224 Å². The largest absolute Gasteiger partial charge is 0.203 e. The molecule has 4 aromatic rings. The van der Waals surface area contributed by atoms with Crippen LogP contribution in [0.1, 0.15) is 102 Å². The monoisotopic (exact) mass is 524 g/mol. The van der Waals surface area contributed by atoms with E-state index in [2.05, 4.69) is 26.0 Å². The van der Waals surface area contributed by atoms with Crippen LogP contribution in [0.25, 0.3) is 32.3 Å². The van der Waals surface area contributed by atoms with Gasteiger partial charge in [0.1, 0.15) is 0 Å². The summed E-state index contributed by atoms with van der Waals surface area (Å²) in [5.74, 6) is -6.21. The van der Waals surface area contributed by atoms with E-state index in [1.165, 1.54) is 87.5 Å².